The van der Waals surface area contributed by atoms with Crippen molar-refractivity contribution in [1.82, 2.24) is 10.3 Å². The molecule has 0 aliphatic rings. The van der Waals surface area contributed by atoms with Crippen LogP contribution in [0.1, 0.15) is 22.9 Å². The van der Waals surface area contributed by atoms with E-state index in [2.05, 4.69) is 51.4 Å². The molecule has 1 heterocycles. The minimum atomic E-state index is 0.379. The molecular formula is C13H15BrN2S2. The molecule has 0 bridgehead atoms. The Morgan fingerprint density at radius 2 is 2.22 bits per heavy atom. The van der Waals surface area contributed by atoms with E-state index in [4.69, 9.17) is 0 Å². The van der Waals surface area contributed by atoms with E-state index in [1.807, 2.05) is 31.1 Å². The number of thiazole rings is 1. The van der Waals surface area contributed by atoms with Crippen LogP contribution in [0.5, 0.6) is 0 Å². The van der Waals surface area contributed by atoms with Crippen molar-refractivity contribution in [3.63, 3.8) is 0 Å². The van der Waals surface area contributed by atoms with Gasteiger partial charge in [0.1, 0.15) is 5.01 Å². The van der Waals surface area contributed by atoms with Crippen molar-refractivity contribution in [2.45, 2.75) is 23.6 Å². The van der Waals surface area contributed by atoms with Crippen molar-refractivity contribution >= 4 is 39.0 Å². The van der Waals surface area contributed by atoms with Crippen molar-refractivity contribution in [3.8, 4) is 0 Å². The summed E-state index contributed by atoms with van der Waals surface area (Å²) < 4.78 is 1.15. The van der Waals surface area contributed by atoms with Crippen LogP contribution in [-0.4, -0.2) is 12.0 Å². The minimum Gasteiger partial charge on any atom is -0.312 e. The van der Waals surface area contributed by atoms with E-state index in [1.165, 1.54) is 14.8 Å². The van der Waals surface area contributed by atoms with E-state index in [1.54, 1.807) is 11.3 Å². The first-order chi connectivity index (χ1) is 8.70. The average molecular weight is 343 g/mol. The molecule has 0 aliphatic heterocycles. The molecule has 2 rings (SSSR count). The molecule has 0 saturated heterocycles. The van der Waals surface area contributed by atoms with Gasteiger partial charge >= 0.3 is 0 Å². The lowest BCUT2D eigenvalue weighted by Crippen LogP contribution is -2.10. The fourth-order valence-corrected chi connectivity index (χ4v) is 3.99. The summed E-state index contributed by atoms with van der Waals surface area (Å²) in [6, 6.07) is 8.66. The highest BCUT2D eigenvalue weighted by atomic mass is 79.9. The summed E-state index contributed by atoms with van der Waals surface area (Å²) in [5.74, 6) is 0.920. The van der Waals surface area contributed by atoms with Crippen molar-refractivity contribution in [2.24, 2.45) is 0 Å². The number of hydrogen-bond acceptors (Lipinski definition) is 4. The molecule has 2 nitrogen and oxygen atoms in total. The number of thioether (sulfide) groups is 1. The number of nitrogens with zero attached hydrogens (tertiary/aromatic N) is 1. The van der Waals surface area contributed by atoms with E-state index in [-0.39, 0.29) is 0 Å². The molecule has 96 valence electrons. The molecule has 18 heavy (non-hydrogen) atoms. The van der Waals surface area contributed by atoms with Crippen molar-refractivity contribution in [1.29, 1.82) is 0 Å². The van der Waals surface area contributed by atoms with Gasteiger partial charge in [0, 0.05) is 26.5 Å². The molecule has 1 unspecified atom stereocenters. The molecule has 0 fully saturated rings. The Balaban J connectivity index is 1.98. The maximum atomic E-state index is 4.47. The van der Waals surface area contributed by atoms with Crippen LogP contribution in [0.25, 0.3) is 0 Å². The van der Waals surface area contributed by atoms with Crippen LogP contribution in [-0.2, 0) is 5.75 Å². The monoisotopic (exact) mass is 342 g/mol. The van der Waals surface area contributed by atoms with E-state index in [0.717, 1.165) is 10.2 Å². The molecular weight excluding hydrogens is 328 g/mol. The van der Waals surface area contributed by atoms with Gasteiger partial charge in [0.25, 0.3) is 0 Å². The number of nitrogens with one attached hydrogen (secondary N) is 1. The van der Waals surface area contributed by atoms with Crippen LogP contribution < -0.4 is 5.32 Å². The second-order valence-corrected chi connectivity index (χ2v) is 6.90. The lowest BCUT2D eigenvalue weighted by molar-refractivity contribution is 0.662. The highest BCUT2D eigenvalue weighted by molar-refractivity contribution is 9.10. The molecule has 1 aromatic heterocycles. The van der Waals surface area contributed by atoms with Gasteiger partial charge in [-0.1, -0.05) is 12.1 Å². The highest BCUT2D eigenvalue weighted by Gasteiger charge is 2.08. The molecule has 0 amide bonds. The SMILES string of the molecule is CNC(C)c1cnc(CSc2ccccc2Br)s1. The standard InChI is InChI=1S/C13H15BrN2S2/c1-9(15-2)12-7-16-13(18-12)8-17-11-6-4-3-5-10(11)14/h3-7,9,15H,8H2,1-2H3. The zero-order valence-corrected chi connectivity index (χ0v) is 13.5. The second-order valence-electron chi connectivity index (χ2n) is 3.89. The van der Waals surface area contributed by atoms with Gasteiger partial charge in [0.15, 0.2) is 0 Å². The first-order valence-electron chi connectivity index (χ1n) is 5.70. The zero-order valence-electron chi connectivity index (χ0n) is 10.3. The van der Waals surface area contributed by atoms with Gasteiger partial charge in [-0.3, -0.25) is 0 Å². The van der Waals surface area contributed by atoms with Gasteiger partial charge in [-0.2, -0.15) is 0 Å². The smallest absolute Gasteiger partial charge is 0.103 e. The summed E-state index contributed by atoms with van der Waals surface area (Å²) >= 11 is 7.16. The lowest BCUT2D eigenvalue weighted by Gasteiger charge is -2.05. The van der Waals surface area contributed by atoms with Gasteiger partial charge in [0.2, 0.25) is 0 Å². The third kappa shape index (κ3) is 3.57. The maximum absolute atomic E-state index is 4.47. The predicted octanol–water partition coefficient (Wildman–Crippen LogP) is 4.48. The zero-order chi connectivity index (χ0) is 13.0. The van der Waals surface area contributed by atoms with E-state index in [0.29, 0.717) is 6.04 Å². The number of benzene rings is 1. The normalized spacial score (nSPS) is 12.6. The maximum Gasteiger partial charge on any atom is 0.103 e. The van der Waals surface area contributed by atoms with Gasteiger partial charge in [-0.15, -0.1) is 23.1 Å². The molecule has 1 atom stereocenters. The Kier molecular flexibility index (Phi) is 5.24. The van der Waals surface area contributed by atoms with Crippen LogP contribution >= 0.6 is 39.0 Å². The number of rotatable bonds is 5. The molecule has 5 heteroatoms. The fraction of sp³-hybridized carbons (Fsp3) is 0.308. The largest absolute Gasteiger partial charge is 0.312 e. The first kappa shape index (κ1) is 14.1. The van der Waals surface area contributed by atoms with Crippen LogP contribution in [0.2, 0.25) is 0 Å². The quantitative estimate of drug-likeness (QED) is 0.811. The summed E-state index contributed by atoms with van der Waals surface area (Å²) in [4.78, 5) is 7.02. The lowest BCUT2D eigenvalue weighted by atomic mass is 10.3. The third-order valence-electron chi connectivity index (χ3n) is 2.62. The summed E-state index contributed by atoms with van der Waals surface area (Å²) in [7, 11) is 1.97. The Bertz CT molecular complexity index is 513. The molecule has 0 spiro atoms. The van der Waals surface area contributed by atoms with Crippen molar-refractivity contribution in [3.05, 3.63) is 44.8 Å². The van der Waals surface area contributed by atoms with E-state index in [9.17, 15) is 0 Å². The number of aromatic nitrogens is 1. The Hall–Kier alpha value is -0.360. The Morgan fingerprint density at radius 3 is 2.94 bits per heavy atom. The topological polar surface area (TPSA) is 24.9 Å². The van der Waals surface area contributed by atoms with Crippen LogP contribution in [0.15, 0.2) is 39.8 Å². The Morgan fingerprint density at radius 1 is 1.44 bits per heavy atom. The highest BCUT2D eigenvalue weighted by Crippen LogP contribution is 2.31. The second kappa shape index (κ2) is 6.70. The molecule has 2 aromatic rings. The van der Waals surface area contributed by atoms with Crippen molar-refractivity contribution in [2.75, 3.05) is 7.05 Å². The van der Waals surface area contributed by atoms with E-state index >= 15 is 0 Å². The van der Waals surface area contributed by atoms with Gasteiger partial charge in [-0.25, -0.2) is 4.98 Å². The van der Waals surface area contributed by atoms with Gasteiger partial charge in [0.05, 0.1) is 5.75 Å². The molecule has 0 saturated carbocycles. The summed E-state index contributed by atoms with van der Waals surface area (Å²) in [6.07, 6.45) is 1.97. The van der Waals surface area contributed by atoms with Crippen LogP contribution in [0, 0.1) is 0 Å². The van der Waals surface area contributed by atoms with Gasteiger partial charge < -0.3 is 5.32 Å². The fourth-order valence-electron chi connectivity index (χ4n) is 1.43. The number of halogens is 1. The van der Waals surface area contributed by atoms with E-state index < -0.39 is 0 Å². The summed E-state index contributed by atoms with van der Waals surface area (Å²) in [5, 5.41) is 4.41. The first-order valence-corrected chi connectivity index (χ1v) is 8.29. The van der Waals surface area contributed by atoms with Gasteiger partial charge in [-0.05, 0) is 42.0 Å². The number of hydrogen-bond donors (Lipinski definition) is 1. The third-order valence-corrected chi connectivity index (χ3v) is 6.02. The van der Waals surface area contributed by atoms with Crippen molar-refractivity contribution < 1.29 is 0 Å². The average Bonchev–Trinajstić information content (AvgIpc) is 2.86. The van der Waals surface area contributed by atoms with Crippen LogP contribution in [0.3, 0.4) is 0 Å². The molecule has 0 aliphatic carbocycles. The molecule has 1 N–H and O–H groups in total. The molecule has 0 radical (unpaired) electrons. The summed E-state index contributed by atoms with van der Waals surface area (Å²) in [5.41, 5.74) is 0. The minimum absolute atomic E-state index is 0.379. The summed E-state index contributed by atoms with van der Waals surface area (Å²) in [6.45, 7) is 2.15. The Labute approximate surface area is 124 Å². The van der Waals surface area contributed by atoms with Crippen LogP contribution in [0.4, 0.5) is 0 Å². The molecule has 1 aromatic carbocycles. The predicted molar refractivity (Wildman–Crippen MR) is 83.3 cm³/mol.